The highest BCUT2D eigenvalue weighted by Crippen LogP contribution is 2.22. The summed E-state index contributed by atoms with van der Waals surface area (Å²) in [6, 6.07) is 17.3. The van der Waals surface area contributed by atoms with Crippen molar-refractivity contribution in [2.24, 2.45) is 0 Å². The number of amides is 1. The second-order valence-corrected chi connectivity index (χ2v) is 5.94. The summed E-state index contributed by atoms with van der Waals surface area (Å²) in [4.78, 5) is 23.8. The van der Waals surface area contributed by atoms with Crippen molar-refractivity contribution in [2.45, 2.75) is 19.5 Å². The van der Waals surface area contributed by atoms with Crippen LogP contribution in [-0.4, -0.2) is 26.8 Å². The molecule has 0 fully saturated rings. The van der Waals surface area contributed by atoms with E-state index >= 15 is 0 Å². The van der Waals surface area contributed by atoms with Crippen LogP contribution >= 0.6 is 0 Å². The van der Waals surface area contributed by atoms with Crippen molar-refractivity contribution in [1.29, 1.82) is 0 Å². The maximum atomic E-state index is 12.3. The number of aliphatic carboxylic acids is 1. The van der Waals surface area contributed by atoms with E-state index in [2.05, 4.69) is 10.4 Å². The van der Waals surface area contributed by atoms with Crippen LogP contribution in [0.25, 0.3) is 11.1 Å². The first-order valence-corrected chi connectivity index (χ1v) is 8.21. The van der Waals surface area contributed by atoms with Gasteiger partial charge in [-0.25, -0.2) is 4.79 Å². The molecule has 0 spiro atoms. The molecule has 26 heavy (non-hydrogen) atoms. The van der Waals surface area contributed by atoms with Gasteiger partial charge >= 0.3 is 5.97 Å². The molecule has 2 N–H and O–H groups in total. The van der Waals surface area contributed by atoms with Crippen LogP contribution in [0.2, 0.25) is 0 Å². The number of hydrogen-bond acceptors (Lipinski definition) is 3. The number of benzene rings is 2. The summed E-state index contributed by atoms with van der Waals surface area (Å²) in [7, 11) is 0. The number of aryl methyl sites for hydroxylation is 1. The molecule has 0 aliphatic rings. The topological polar surface area (TPSA) is 84.2 Å². The van der Waals surface area contributed by atoms with E-state index in [-0.39, 0.29) is 6.54 Å². The molecular weight excluding hydrogens is 330 g/mol. The summed E-state index contributed by atoms with van der Waals surface area (Å²) in [6.45, 7) is 1.82. The van der Waals surface area contributed by atoms with Crippen molar-refractivity contribution in [3.63, 3.8) is 0 Å². The summed E-state index contributed by atoms with van der Waals surface area (Å²) >= 11 is 0. The van der Waals surface area contributed by atoms with Crippen molar-refractivity contribution in [3.05, 3.63) is 78.1 Å². The monoisotopic (exact) mass is 349 g/mol. The van der Waals surface area contributed by atoms with Gasteiger partial charge in [0.05, 0.1) is 5.69 Å². The molecular formula is C20H19N3O3. The van der Waals surface area contributed by atoms with Crippen LogP contribution in [0.1, 0.15) is 17.3 Å². The predicted octanol–water partition coefficient (Wildman–Crippen LogP) is 2.80. The van der Waals surface area contributed by atoms with Crippen LogP contribution in [0.4, 0.5) is 0 Å². The summed E-state index contributed by atoms with van der Waals surface area (Å²) in [5.74, 6) is -1.52. The normalized spacial score (nSPS) is 11.7. The zero-order valence-electron chi connectivity index (χ0n) is 14.3. The molecule has 3 rings (SSSR count). The minimum absolute atomic E-state index is 0.0513. The van der Waals surface area contributed by atoms with Gasteiger partial charge in [0.1, 0.15) is 6.54 Å². The third-order valence-electron chi connectivity index (χ3n) is 4.02. The second-order valence-electron chi connectivity index (χ2n) is 5.94. The van der Waals surface area contributed by atoms with Gasteiger partial charge in [0.15, 0.2) is 6.04 Å². The lowest BCUT2D eigenvalue weighted by Crippen LogP contribution is -2.36. The molecule has 0 unspecified atom stereocenters. The molecule has 0 saturated carbocycles. The first kappa shape index (κ1) is 17.4. The first-order valence-electron chi connectivity index (χ1n) is 8.21. The number of hydrogen-bond donors (Lipinski definition) is 2. The van der Waals surface area contributed by atoms with Gasteiger partial charge in [-0.15, -0.1) is 0 Å². The van der Waals surface area contributed by atoms with E-state index in [0.29, 0.717) is 5.56 Å². The van der Waals surface area contributed by atoms with Crippen LogP contribution in [-0.2, 0) is 16.1 Å². The number of nitrogens with zero attached hydrogens (tertiary/aromatic N) is 2. The van der Waals surface area contributed by atoms with Gasteiger partial charge in [0.2, 0.25) is 5.91 Å². The third kappa shape index (κ3) is 3.97. The van der Waals surface area contributed by atoms with E-state index in [0.717, 1.165) is 16.8 Å². The Morgan fingerprint density at radius 3 is 2.31 bits per heavy atom. The van der Waals surface area contributed by atoms with Crippen molar-refractivity contribution >= 4 is 11.9 Å². The molecule has 0 saturated heterocycles. The Kier molecular flexibility index (Phi) is 5.12. The molecule has 1 amide bonds. The van der Waals surface area contributed by atoms with Crippen LogP contribution in [0.5, 0.6) is 0 Å². The lowest BCUT2D eigenvalue weighted by Gasteiger charge is -2.14. The van der Waals surface area contributed by atoms with E-state index < -0.39 is 17.9 Å². The minimum atomic E-state index is -1.11. The quantitative estimate of drug-likeness (QED) is 0.717. The minimum Gasteiger partial charge on any atom is -0.479 e. The van der Waals surface area contributed by atoms with Gasteiger partial charge < -0.3 is 10.4 Å². The maximum absolute atomic E-state index is 12.3. The van der Waals surface area contributed by atoms with Gasteiger partial charge in [0, 0.05) is 11.8 Å². The van der Waals surface area contributed by atoms with Gasteiger partial charge in [-0.05, 0) is 18.1 Å². The van der Waals surface area contributed by atoms with E-state index in [9.17, 15) is 14.7 Å². The van der Waals surface area contributed by atoms with Gasteiger partial charge in [0.25, 0.3) is 0 Å². The number of carbonyl (C=O) groups excluding carboxylic acids is 1. The van der Waals surface area contributed by atoms with Crippen LogP contribution in [0.3, 0.4) is 0 Å². The Balaban J connectivity index is 1.73. The predicted molar refractivity (Wildman–Crippen MR) is 97.4 cm³/mol. The molecule has 132 valence electrons. The Morgan fingerprint density at radius 1 is 1.08 bits per heavy atom. The fraction of sp³-hybridized carbons (Fsp3) is 0.150. The van der Waals surface area contributed by atoms with E-state index in [1.54, 1.807) is 36.5 Å². The number of rotatable bonds is 6. The maximum Gasteiger partial charge on any atom is 0.330 e. The number of carboxylic acids is 1. The summed E-state index contributed by atoms with van der Waals surface area (Å²) in [5.41, 5.74) is 3.29. The Bertz CT molecular complexity index is 905. The first-order chi connectivity index (χ1) is 12.5. The molecule has 6 nitrogen and oxygen atoms in total. The molecule has 1 heterocycles. The number of aromatic nitrogens is 2. The average Bonchev–Trinajstić information content (AvgIpc) is 3.01. The number of nitrogens with one attached hydrogen (secondary N) is 1. The lowest BCUT2D eigenvalue weighted by molar-refractivity contribution is -0.142. The average molecular weight is 349 g/mol. The standard InChI is InChI=1S/C20H19N3O3/c1-14-17(15-8-4-2-5-9-15)12-23(22-14)13-18(24)21-19(20(25)26)16-10-6-3-7-11-16/h2-12,19H,13H2,1H3,(H,21,24)(H,25,26)/t19-/m0/s1. The molecule has 3 aromatic rings. The third-order valence-corrected chi connectivity index (χ3v) is 4.02. The van der Waals surface area contributed by atoms with Crippen molar-refractivity contribution < 1.29 is 14.7 Å². The van der Waals surface area contributed by atoms with E-state index in [1.165, 1.54) is 4.68 Å². The van der Waals surface area contributed by atoms with E-state index in [4.69, 9.17) is 0 Å². The number of carbonyl (C=O) groups is 2. The fourth-order valence-electron chi connectivity index (χ4n) is 2.79. The summed E-state index contributed by atoms with van der Waals surface area (Å²) in [5, 5.41) is 16.3. The van der Waals surface area contributed by atoms with Crippen LogP contribution < -0.4 is 5.32 Å². The van der Waals surface area contributed by atoms with Crippen LogP contribution in [0.15, 0.2) is 66.9 Å². The van der Waals surface area contributed by atoms with Crippen molar-refractivity contribution in [2.75, 3.05) is 0 Å². The van der Waals surface area contributed by atoms with Crippen molar-refractivity contribution in [3.8, 4) is 11.1 Å². The largest absolute Gasteiger partial charge is 0.479 e. The highest BCUT2D eigenvalue weighted by atomic mass is 16.4. The zero-order chi connectivity index (χ0) is 18.5. The molecule has 0 aliphatic heterocycles. The molecule has 1 aromatic heterocycles. The molecule has 6 heteroatoms. The molecule has 0 bridgehead atoms. The Labute approximate surface area is 151 Å². The molecule has 1 atom stereocenters. The van der Waals surface area contributed by atoms with E-state index in [1.807, 2.05) is 37.3 Å². The van der Waals surface area contributed by atoms with Crippen molar-refractivity contribution in [1.82, 2.24) is 15.1 Å². The summed E-state index contributed by atoms with van der Waals surface area (Å²) < 4.78 is 1.52. The lowest BCUT2D eigenvalue weighted by atomic mass is 10.1. The second kappa shape index (κ2) is 7.65. The SMILES string of the molecule is Cc1nn(CC(=O)N[C@H](C(=O)O)c2ccccc2)cc1-c1ccccc1. The van der Waals surface area contributed by atoms with Gasteiger partial charge in [-0.1, -0.05) is 60.7 Å². The Morgan fingerprint density at radius 2 is 1.69 bits per heavy atom. The van der Waals surface area contributed by atoms with Crippen LogP contribution in [0, 0.1) is 6.92 Å². The summed E-state index contributed by atoms with van der Waals surface area (Å²) in [6.07, 6.45) is 1.79. The van der Waals surface area contributed by atoms with Gasteiger partial charge in [-0.2, -0.15) is 5.10 Å². The zero-order valence-corrected chi connectivity index (χ0v) is 14.3. The molecule has 0 aliphatic carbocycles. The highest BCUT2D eigenvalue weighted by Gasteiger charge is 2.22. The molecule has 0 radical (unpaired) electrons. The smallest absolute Gasteiger partial charge is 0.330 e. The Hall–Kier alpha value is -3.41. The number of carboxylic acid groups (broad SMARTS) is 1. The van der Waals surface area contributed by atoms with Gasteiger partial charge in [-0.3, -0.25) is 9.48 Å². The fourth-order valence-corrected chi connectivity index (χ4v) is 2.79. The molecule has 2 aromatic carbocycles. The highest BCUT2D eigenvalue weighted by molar-refractivity contribution is 5.84.